The standard InChI is InChI=1S/C16H24N2O3/c1-11(4-3-5-12(2)17)16(19)18-13-6-7-14-15(10-13)21-9-8-20-14/h6-7,10-12H,3-5,8-9,17H2,1-2H3,(H,18,19). The molecule has 116 valence electrons. The summed E-state index contributed by atoms with van der Waals surface area (Å²) < 4.78 is 11.0. The van der Waals surface area contributed by atoms with Gasteiger partial charge in [0, 0.05) is 23.7 Å². The summed E-state index contributed by atoms with van der Waals surface area (Å²) in [6, 6.07) is 5.66. The number of ether oxygens (including phenoxy) is 2. The Morgan fingerprint density at radius 2 is 1.95 bits per heavy atom. The van der Waals surface area contributed by atoms with Gasteiger partial charge in [-0.2, -0.15) is 0 Å². The molecule has 3 N–H and O–H groups in total. The van der Waals surface area contributed by atoms with E-state index in [9.17, 15) is 4.79 Å². The van der Waals surface area contributed by atoms with Crippen molar-refractivity contribution in [1.29, 1.82) is 0 Å². The fraction of sp³-hybridized carbons (Fsp3) is 0.562. The zero-order valence-corrected chi connectivity index (χ0v) is 12.7. The maximum absolute atomic E-state index is 12.1. The number of benzene rings is 1. The summed E-state index contributed by atoms with van der Waals surface area (Å²) in [5.41, 5.74) is 6.46. The number of carbonyl (C=O) groups excluding carboxylic acids is 1. The third-order valence-corrected chi connectivity index (χ3v) is 3.55. The van der Waals surface area contributed by atoms with E-state index in [4.69, 9.17) is 15.2 Å². The average molecular weight is 292 g/mol. The molecule has 0 saturated carbocycles. The first-order valence-corrected chi connectivity index (χ1v) is 7.52. The van der Waals surface area contributed by atoms with Crippen molar-refractivity contribution in [1.82, 2.24) is 0 Å². The third-order valence-electron chi connectivity index (χ3n) is 3.55. The summed E-state index contributed by atoms with van der Waals surface area (Å²) in [6.07, 6.45) is 2.76. The molecule has 1 aliphatic rings. The van der Waals surface area contributed by atoms with E-state index >= 15 is 0 Å². The van der Waals surface area contributed by atoms with Gasteiger partial charge in [-0.15, -0.1) is 0 Å². The van der Waals surface area contributed by atoms with Crippen molar-refractivity contribution in [3.63, 3.8) is 0 Å². The highest BCUT2D eigenvalue weighted by molar-refractivity contribution is 5.92. The number of carbonyl (C=O) groups is 1. The van der Waals surface area contributed by atoms with E-state index in [-0.39, 0.29) is 17.9 Å². The minimum atomic E-state index is -0.0306. The predicted octanol–water partition coefficient (Wildman–Crippen LogP) is 2.55. The Hall–Kier alpha value is -1.75. The molecule has 2 unspecified atom stereocenters. The van der Waals surface area contributed by atoms with Crippen LogP contribution in [0.4, 0.5) is 5.69 Å². The molecule has 2 atom stereocenters. The van der Waals surface area contributed by atoms with Crippen LogP contribution in [-0.4, -0.2) is 25.2 Å². The van der Waals surface area contributed by atoms with Gasteiger partial charge in [-0.1, -0.05) is 13.3 Å². The number of hydrogen-bond acceptors (Lipinski definition) is 4. The molecule has 1 heterocycles. The molecule has 1 aliphatic heterocycles. The molecule has 2 rings (SSSR count). The normalized spacial score (nSPS) is 16.1. The second-order valence-corrected chi connectivity index (χ2v) is 5.66. The van der Waals surface area contributed by atoms with Gasteiger partial charge in [0.1, 0.15) is 13.2 Å². The number of anilines is 1. The molecular weight excluding hydrogens is 268 g/mol. The predicted molar refractivity (Wildman–Crippen MR) is 82.7 cm³/mol. The van der Waals surface area contributed by atoms with E-state index in [1.54, 1.807) is 6.07 Å². The first kappa shape index (κ1) is 15.6. The number of fused-ring (bicyclic) bond motifs is 1. The summed E-state index contributed by atoms with van der Waals surface area (Å²) in [5.74, 6) is 1.40. The quantitative estimate of drug-likeness (QED) is 0.845. The lowest BCUT2D eigenvalue weighted by molar-refractivity contribution is -0.119. The van der Waals surface area contributed by atoms with Crippen LogP contribution >= 0.6 is 0 Å². The molecule has 0 radical (unpaired) electrons. The number of amides is 1. The Kier molecular flexibility index (Phi) is 5.44. The van der Waals surface area contributed by atoms with E-state index < -0.39 is 0 Å². The molecule has 0 bridgehead atoms. The molecule has 1 aromatic rings. The molecule has 0 saturated heterocycles. The average Bonchev–Trinajstić information content (AvgIpc) is 2.46. The van der Waals surface area contributed by atoms with Crippen molar-refractivity contribution in [2.75, 3.05) is 18.5 Å². The summed E-state index contributed by atoms with van der Waals surface area (Å²) in [5, 5.41) is 2.92. The first-order chi connectivity index (χ1) is 10.1. The summed E-state index contributed by atoms with van der Waals surface area (Å²) >= 11 is 0. The molecule has 0 spiro atoms. The van der Waals surface area contributed by atoms with Crippen LogP contribution in [0.3, 0.4) is 0 Å². The Morgan fingerprint density at radius 1 is 1.24 bits per heavy atom. The van der Waals surface area contributed by atoms with Crippen molar-refractivity contribution in [2.24, 2.45) is 11.7 Å². The number of rotatable bonds is 6. The van der Waals surface area contributed by atoms with E-state index in [1.165, 1.54) is 0 Å². The van der Waals surface area contributed by atoms with Gasteiger partial charge >= 0.3 is 0 Å². The number of nitrogens with one attached hydrogen (secondary N) is 1. The van der Waals surface area contributed by atoms with Crippen LogP contribution in [0.1, 0.15) is 33.1 Å². The van der Waals surface area contributed by atoms with Crippen LogP contribution < -0.4 is 20.5 Å². The monoisotopic (exact) mass is 292 g/mol. The Balaban J connectivity index is 1.87. The smallest absolute Gasteiger partial charge is 0.227 e. The minimum Gasteiger partial charge on any atom is -0.486 e. The summed E-state index contributed by atoms with van der Waals surface area (Å²) in [4.78, 5) is 12.1. The Labute approximate surface area is 125 Å². The molecule has 0 fully saturated rings. The van der Waals surface area contributed by atoms with Gasteiger partial charge < -0.3 is 20.5 Å². The van der Waals surface area contributed by atoms with Crippen LogP contribution in [0.15, 0.2) is 18.2 Å². The van der Waals surface area contributed by atoms with Crippen LogP contribution in [0.25, 0.3) is 0 Å². The molecule has 5 nitrogen and oxygen atoms in total. The fourth-order valence-electron chi connectivity index (χ4n) is 2.26. The van der Waals surface area contributed by atoms with Crippen molar-refractivity contribution in [2.45, 2.75) is 39.2 Å². The molecule has 0 aliphatic carbocycles. The first-order valence-electron chi connectivity index (χ1n) is 7.52. The molecule has 1 amide bonds. The molecule has 5 heteroatoms. The lowest BCUT2D eigenvalue weighted by Crippen LogP contribution is -2.22. The lowest BCUT2D eigenvalue weighted by Gasteiger charge is -2.19. The van der Waals surface area contributed by atoms with E-state index in [1.807, 2.05) is 26.0 Å². The van der Waals surface area contributed by atoms with Gasteiger partial charge in [0.2, 0.25) is 5.91 Å². The lowest BCUT2D eigenvalue weighted by atomic mass is 10.0. The number of hydrogen-bond donors (Lipinski definition) is 2. The third kappa shape index (κ3) is 4.63. The van der Waals surface area contributed by atoms with E-state index in [2.05, 4.69) is 5.32 Å². The highest BCUT2D eigenvalue weighted by atomic mass is 16.6. The van der Waals surface area contributed by atoms with Crippen molar-refractivity contribution >= 4 is 11.6 Å². The second-order valence-electron chi connectivity index (χ2n) is 5.66. The van der Waals surface area contributed by atoms with Crippen molar-refractivity contribution < 1.29 is 14.3 Å². The number of nitrogens with two attached hydrogens (primary N) is 1. The largest absolute Gasteiger partial charge is 0.486 e. The summed E-state index contributed by atoms with van der Waals surface area (Å²) in [6.45, 7) is 5.03. The summed E-state index contributed by atoms with van der Waals surface area (Å²) in [7, 11) is 0. The second kappa shape index (κ2) is 7.31. The zero-order chi connectivity index (χ0) is 15.2. The topological polar surface area (TPSA) is 73.6 Å². The molecule has 0 aromatic heterocycles. The Morgan fingerprint density at radius 3 is 2.67 bits per heavy atom. The van der Waals surface area contributed by atoms with Crippen LogP contribution in [0.5, 0.6) is 11.5 Å². The van der Waals surface area contributed by atoms with Crippen LogP contribution in [0.2, 0.25) is 0 Å². The maximum atomic E-state index is 12.1. The fourth-order valence-corrected chi connectivity index (χ4v) is 2.26. The van der Waals surface area contributed by atoms with E-state index in [0.717, 1.165) is 30.7 Å². The van der Waals surface area contributed by atoms with Gasteiger partial charge in [-0.3, -0.25) is 4.79 Å². The molecular formula is C16H24N2O3. The molecule has 21 heavy (non-hydrogen) atoms. The van der Waals surface area contributed by atoms with E-state index in [0.29, 0.717) is 19.0 Å². The van der Waals surface area contributed by atoms with Gasteiger partial charge in [0.25, 0.3) is 0 Å². The van der Waals surface area contributed by atoms with Crippen LogP contribution in [0, 0.1) is 5.92 Å². The SMILES string of the molecule is CC(N)CCCC(C)C(=O)Nc1ccc2c(c1)OCCO2. The molecule has 1 aromatic carbocycles. The zero-order valence-electron chi connectivity index (χ0n) is 12.7. The van der Waals surface area contributed by atoms with Crippen molar-refractivity contribution in [3.05, 3.63) is 18.2 Å². The maximum Gasteiger partial charge on any atom is 0.227 e. The van der Waals surface area contributed by atoms with Gasteiger partial charge in [-0.05, 0) is 31.9 Å². The highest BCUT2D eigenvalue weighted by Crippen LogP contribution is 2.32. The minimum absolute atomic E-state index is 0.0244. The van der Waals surface area contributed by atoms with Crippen molar-refractivity contribution in [3.8, 4) is 11.5 Å². The van der Waals surface area contributed by atoms with Gasteiger partial charge in [0.15, 0.2) is 11.5 Å². The van der Waals surface area contributed by atoms with Crippen LogP contribution in [-0.2, 0) is 4.79 Å². The van der Waals surface area contributed by atoms with Gasteiger partial charge in [0.05, 0.1) is 0 Å². The highest BCUT2D eigenvalue weighted by Gasteiger charge is 2.16. The van der Waals surface area contributed by atoms with Gasteiger partial charge in [-0.25, -0.2) is 0 Å². The Bertz CT molecular complexity index is 488.